The molecule has 5 rings (SSSR count). The van der Waals surface area contributed by atoms with Crippen LogP contribution in [0.1, 0.15) is 61.1 Å². The van der Waals surface area contributed by atoms with Crippen LogP contribution in [0, 0.1) is 5.92 Å². The van der Waals surface area contributed by atoms with Crippen molar-refractivity contribution in [3.63, 3.8) is 0 Å². The zero-order valence-electron chi connectivity index (χ0n) is 25.3. The van der Waals surface area contributed by atoms with Gasteiger partial charge < -0.3 is 15.5 Å². The van der Waals surface area contributed by atoms with Crippen LogP contribution in [0.3, 0.4) is 0 Å². The Hall–Kier alpha value is -3.88. The van der Waals surface area contributed by atoms with E-state index in [-0.39, 0.29) is 36.7 Å². The summed E-state index contributed by atoms with van der Waals surface area (Å²) in [6.45, 7) is 3.42. The van der Waals surface area contributed by atoms with Crippen LogP contribution in [-0.4, -0.2) is 64.1 Å². The molecule has 0 spiro atoms. The molecule has 5 atom stereocenters. The standard InChI is InChI=1S/C37H43N3O4/c1-27-26-32(41)40(37(27)44)25-24-39(34(29-16-8-3-9-17-29)36(43)31-20-12-5-13-21-31)23-22-38-33(28-14-6-2-7-15-28)35(42)30-18-10-4-11-19-30/h2-3,5-10,12-21,27,33-36,38,42-43H,4,11,22-26H2,1H3. The number of aliphatic hydroxyl groups is 2. The summed E-state index contributed by atoms with van der Waals surface area (Å²) in [6.07, 6.45) is 6.72. The van der Waals surface area contributed by atoms with Gasteiger partial charge in [-0.3, -0.25) is 19.4 Å². The van der Waals surface area contributed by atoms with Gasteiger partial charge in [-0.2, -0.15) is 0 Å². The summed E-state index contributed by atoms with van der Waals surface area (Å²) in [4.78, 5) is 29.0. The Morgan fingerprint density at radius 1 is 0.818 bits per heavy atom. The third kappa shape index (κ3) is 7.60. The van der Waals surface area contributed by atoms with Gasteiger partial charge in [0.25, 0.3) is 0 Å². The molecule has 2 amide bonds. The summed E-state index contributed by atoms with van der Waals surface area (Å²) in [6, 6.07) is 28.6. The Kier molecular flexibility index (Phi) is 10.9. The number of hydrogen-bond donors (Lipinski definition) is 3. The van der Waals surface area contributed by atoms with E-state index in [1.54, 1.807) is 6.92 Å². The number of imide groups is 1. The zero-order chi connectivity index (χ0) is 30.9. The van der Waals surface area contributed by atoms with Gasteiger partial charge in [-0.05, 0) is 35.1 Å². The van der Waals surface area contributed by atoms with E-state index in [0.717, 1.165) is 35.1 Å². The fraction of sp³-hybridized carbons (Fsp3) is 0.351. The molecule has 7 nitrogen and oxygen atoms in total. The number of amides is 2. The van der Waals surface area contributed by atoms with Gasteiger partial charge in [0.1, 0.15) is 0 Å². The molecular weight excluding hydrogens is 550 g/mol. The van der Waals surface area contributed by atoms with Crippen molar-refractivity contribution >= 4 is 11.8 Å². The van der Waals surface area contributed by atoms with Gasteiger partial charge in [0.15, 0.2) is 0 Å². The van der Waals surface area contributed by atoms with Crippen LogP contribution in [0.4, 0.5) is 0 Å². The number of aliphatic hydroxyl groups excluding tert-OH is 2. The molecule has 3 N–H and O–H groups in total. The first-order valence-corrected chi connectivity index (χ1v) is 15.6. The normalized spacial score (nSPS) is 19.6. The van der Waals surface area contributed by atoms with Crippen molar-refractivity contribution in [2.45, 2.75) is 50.5 Å². The molecule has 44 heavy (non-hydrogen) atoms. The average Bonchev–Trinajstić information content (AvgIpc) is 3.32. The minimum atomic E-state index is -0.851. The third-order valence-electron chi connectivity index (χ3n) is 8.66. The second-order valence-electron chi connectivity index (χ2n) is 11.7. The minimum absolute atomic E-state index is 0.144. The molecule has 2 aliphatic rings. The van der Waals surface area contributed by atoms with Gasteiger partial charge in [-0.15, -0.1) is 0 Å². The van der Waals surface area contributed by atoms with Crippen LogP contribution in [0.5, 0.6) is 0 Å². The molecular formula is C37H43N3O4. The Labute approximate surface area is 260 Å². The first-order chi connectivity index (χ1) is 21.4. The number of carbonyl (C=O) groups is 2. The highest BCUT2D eigenvalue weighted by Crippen LogP contribution is 2.34. The highest BCUT2D eigenvalue weighted by Gasteiger charge is 2.37. The van der Waals surface area contributed by atoms with Crippen molar-refractivity contribution in [1.82, 2.24) is 15.1 Å². The molecule has 0 radical (unpaired) electrons. The zero-order valence-corrected chi connectivity index (χ0v) is 25.3. The lowest BCUT2D eigenvalue weighted by Crippen LogP contribution is -2.45. The third-order valence-corrected chi connectivity index (χ3v) is 8.66. The van der Waals surface area contributed by atoms with E-state index in [0.29, 0.717) is 19.6 Å². The van der Waals surface area contributed by atoms with E-state index in [1.165, 1.54) is 4.90 Å². The lowest BCUT2D eigenvalue weighted by atomic mass is 9.92. The number of rotatable bonds is 14. The predicted octanol–water partition coefficient (Wildman–Crippen LogP) is 5.13. The van der Waals surface area contributed by atoms with Gasteiger partial charge in [-0.1, -0.05) is 116 Å². The molecule has 3 aromatic carbocycles. The van der Waals surface area contributed by atoms with Crippen LogP contribution < -0.4 is 5.32 Å². The summed E-state index contributed by atoms with van der Waals surface area (Å²) >= 11 is 0. The second-order valence-corrected chi connectivity index (χ2v) is 11.7. The molecule has 0 saturated carbocycles. The number of benzene rings is 3. The van der Waals surface area contributed by atoms with Gasteiger partial charge in [0.05, 0.1) is 24.3 Å². The number of carbonyl (C=O) groups excluding carboxylic acids is 2. The summed E-state index contributed by atoms with van der Waals surface area (Å²) in [7, 11) is 0. The van der Waals surface area contributed by atoms with Crippen molar-refractivity contribution in [2.24, 2.45) is 5.92 Å². The summed E-state index contributed by atoms with van der Waals surface area (Å²) in [5, 5.41) is 26.9. The maximum atomic E-state index is 12.8. The topological polar surface area (TPSA) is 93.1 Å². The van der Waals surface area contributed by atoms with Crippen molar-refractivity contribution in [2.75, 3.05) is 26.2 Å². The monoisotopic (exact) mass is 593 g/mol. The summed E-state index contributed by atoms with van der Waals surface area (Å²) < 4.78 is 0. The molecule has 1 fully saturated rings. The van der Waals surface area contributed by atoms with Crippen molar-refractivity contribution in [3.05, 3.63) is 131 Å². The van der Waals surface area contributed by atoms with E-state index in [4.69, 9.17) is 0 Å². The highest BCUT2D eigenvalue weighted by molar-refractivity contribution is 6.03. The number of likely N-dealkylation sites (tertiary alicyclic amines) is 1. The molecule has 0 bridgehead atoms. The van der Waals surface area contributed by atoms with E-state index in [2.05, 4.69) is 22.4 Å². The number of hydrogen-bond acceptors (Lipinski definition) is 6. The summed E-state index contributed by atoms with van der Waals surface area (Å²) in [5.41, 5.74) is 3.61. The van der Waals surface area contributed by atoms with Crippen molar-refractivity contribution < 1.29 is 19.8 Å². The van der Waals surface area contributed by atoms with Gasteiger partial charge in [0, 0.05) is 38.5 Å². The Morgan fingerprint density at radius 3 is 2.00 bits per heavy atom. The molecule has 1 aliphatic carbocycles. The molecule has 1 heterocycles. The molecule has 5 unspecified atom stereocenters. The van der Waals surface area contributed by atoms with Crippen molar-refractivity contribution in [3.8, 4) is 0 Å². The van der Waals surface area contributed by atoms with Gasteiger partial charge >= 0.3 is 0 Å². The van der Waals surface area contributed by atoms with E-state index in [1.807, 2.05) is 97.1 Å². The lowest BCUT2D eigenvalue weighted by Gasteiger charge is -2.37. The van der Waals surface area contributed by atoms with E-state index >= 15 is 0 Å². The highest BCUT2D eigenvalue weighted by atomic mass is 16.3. The van der Waals surface area contributed by atoms with E-state index in [9.17, 15) is 19.8 Å². The van der Waals surface area contributed by atoms with Gasteiger partial charge in [-0.25, -0.2) is 0 Å². The molecule has 230 valence electrons. The van der Waals surface area contributed by atoms with Crippen LogP contribution in [-0.2, 0) is 9.59 Å². The quantitative estimate of drug-likeness (QED) is 0.225. The first-order valence-electron chi connectivity index (χ1n) is 15.6. The van der Waals surface area contributed by atoms with Crippen LogP contribution in [0.2, 0.25) is 0 Å². The Balaban J connectivity index is 1.42. The van der Waals surface area contributed by atoms with Crippen LogP contribution >= 0.6 is 0 Å². The minimum Gasteiger partial charge on any atom is -0.386 e. The second kappa shape index (κ2) is 15.2. The molecule has 0 aromatic heterocycles. The van der Waals surface area contributed by atoms with Crippen molar-refractivity contribution in [1.29, 1.82) is 0 Å². The van der Waals surface area contributed by atoms with E-state index < -0.39 is 18.2 Å². The smallest absolute Gasteiger partial charge is 0.232 e. The number of allylic oxidation sites excluding steroid dienone is 2. The Bertz CT molecular complexity index is 1430. The Morgan fingerprint density at radius 2 is 1.43 bits per heavy atom. The molecule has 3 aromatic rings. The van der Waals surface area contributed by atoms with Crippen LogP contribution in [0.15, 0.2) is 115 Å². The fourth-order valence-electron chi connectivity index (χ4n) is 6.26. The SMILES string of the molecule is CC1CC(=O)N(CCN(CCNC(c2ccccc2)C(O)C2=CCCC=C2)C(c2ccccc2)C(O)c2ccccc2)C1=O. The predicted molar refractivity (Wildman–Crippen MR) is 172 cm³/mol. The molecule has 7 heteroatoms. The summed E-state index contributed by atoms with van der Waals surface area (Å²) in [5.74, 6) is -0.607. The van der Waals surface area contributed by atoms with Gasteiger partial charge in [0.2, 0.25) is 11.8 Å². The molecule has 1 aliphatic heterocycles. The molecule has 1 saturated heterocycles. The maximum Gasteiger partial charge on any atom is 0.232 e. The fourth-order valence-corrected chi connectivity index (χ4v) is 6.26. The average molecular weight is 594 g/mol. The number of nitrogens with one attached hydrogen (secondary N) is 1. The lowest BCUT2D eigenvalue weighted by molar-refractivity contribution is -0.139. The maximum absolute atomic E-state index is 12.8. The van der Waals surface area contributed by atoms with Crippen LogP contribution in [0.25, 0.3) is 0 Å². The largest absolute Gasteiger partial charge is 0.386 e. The number of nitrogens with zero attached hydrogens (tertiary/aromatic N) is 2. The first kappa shape index (κ1) is 31.5.